The molecule has 8 nitrogen and oxygen atoms in total. The van der Waals surface area contributed by atoms with Gasteiger partial charge in [-0.15, -0.1) is 0 Å². The monoisotopic (exact) mass is 464 g/mol. The zero-order chi connectivity index (χ0) is 23.3. The van der Waals surface area contributed by atoms with Gasteiger partial charge in [-0.1, -0.05) is 29.8 Å². The summed E-state index contributed by atoms with van der Waals surface area (Å²) in [4.78, 5) is 39.8. The first kappa shape index (κ1) is 21.8. The summed E-state index contributed by atoms with van der Waals surface area (Å²) in [5.74, 6) is -4.26. The van der Waals surface area contributed by atoms with Crippen LogP contribution in [0.5, 0.6) is 5.75 Å². The maximum absolute atomic E-state index is 14.1. The number of rotatable bonds is 3. The van der Waals surface area contributed by atoms with E-state index in [1.54, 1.807) is 5.01 Å². The molecule has 0 radical (unpaired) electrons. The first-order chi connectivity index (χ1) is 15.1. The van der Waals surface area contributed by atoms with E-state index in [9.17, 15) is 28.3 Å². The van der Waals surface area contributed by atoms with E-state index in [2.05, 4.69) is 5.32 Å². The van der Waals surface area contributed by atoms with Crippen LogP contribution in [0.4, 0.5) is 8.78 Å². The van der Waals surface area contributed by atoms with Gasteiger partial charge in [0.1, 0.15) is 28.9 Å². The van der Waals surface area contributed by atoms with Gasteiger partial charge in [0.25, 0.3) is 11.8 Å². The lowest BCUT2D eigenvalue weighted by atomic mass is 10.1. The Bertz CT molecular complexity index is 1230. The highest BCUT2D eigenvalue weighted by molar-refractivity contribution is 6.30. The lowest BCUT2D eigenvalue weighted by Gasteiger charge is -2.41. The smallest absolute Gasteiger partial charge is 0.278 e. The number of amides is 2. The van der Waals surface area contributed by atoms with E-state index in [0.29, 0.717) is 0 Å². The average molecular weight is 465 g/mol. The molecule has 0 fully saturated rings. The summed E-state index contributed by atoms with van der Waals surface area (Å²) in [7, 11) is 0. The minimum absolute atomic E-state index is 0.0851. The van der Waals surface area contributed by atoms with Crippen LogP contribution < -0.4 is 15.8 Å². The van der Waals surface area contributed by atoms with E-state index in [-0.39, 0.29) is 36.6 Å². The summed E-state index contributed by atoms with van der Waals surface area (Å²) in [6, 6.07) is 1.62. The van der Waals surface area contributed by atoms with E-state index < -0.39 is 45.2 Å². The Balaban J connectivity index is 1.70. The van der Waals surface area contributed by atoms with Crippen molar-refractivity contribution in [1.29, 1.82) is 0 Å². The van der Waals surface area contributed by atoms with Crippen molar-refractivity contribution in [3.05, 3.63) is 74.2 Å². The minimum Gasteiger partial charge on any atom is -0.502 e. The van der Waals surface area contributed by atoms with Crippen LogP contribution in [0.1, 0.15) is 40.3 Å². The van der Waals surface area contributed by atoms with Crippen molar-refractivity contribution in [3.8, 4) is 5.75 Å². The molecule has 4 rings (SSSR count). The van der Waals surface area contributed by atoms with Crippen LogP contribution in [0.25, 0.3) is 0 Å². The number of aromatic nitrogens is 1. The first-order valence-corrected chi connectivity index (χ1v) is 10.1. The number of nitrogens with one attached hydrogen (secondary N) is 1. The Morgan fingerprint density at radius 3 is 2.62 bits per heavy atom. The van der Waals surface area contributed by atoms with Crippen molar-refractivity contribution >= 4 is 23.4 Å². The van der Waals surface area contributed by atoms with Crippen molar-refractivity contribution in [2.45, 2.75) is 32.5 Å². The minimum atomic E-state index is -1.03. The van der Waals surface area contributed by atoms with Crippen molar-refractivity contribution in [3.63, 3.8) is 0 Å². The Hall–Kier alpha value is -3.40. The third-order valence-electron chi connectivity index (χ3n) is 5.63. The fourth-order valence-corrected chi connectivity index (χ4v) is 3.90. The molecule has 2 amide bonds. The number of pyridine rings is 1. The number of carbonyl (C=O) groups excluding carboxylic acids is 2. The highest BCUT2D eigenvalue weighted by Gasteiger charge is 2.38. The van der Waals surface area contributed by atoms with Crippen LogP contribution in [0, 0.1) is 11.6 Å². The zero-order valence-electron chi connectivity index (χ0n) is 17.1. The quantitative estimate of drug-likeness (QED) is 0.536. The van der Waals surface area contributed by atoms with Gasteiger partial charge in [-0.3, -0.25) is 24.1 Å². The molecule has 11 heteroatoms. The molecule has 0 aliphatic carbocycles. The van der Waals surface area contributed by atoms with Crippen LogP contribution in [-0.2, 0) is 6.54 Å². The van der Waals surface area contributed by atoms with E-state index in [1.165, 1.54) is 15.8 Å². The van der Waals surface area contributed by atoms with Crippen molar-refractivity contribution < 1.29 is 23.5 Å². The molecule has 0 spiro atoms. The number of carbonyl (C=O) groups is 2. The number of nitrogens with zero attached hydrogens (tertiary/aromatic N) is 3. The molecule has 0 saturated heterocycles. The normalized spacial score (nSPS) is 19.6. The van der Waals surface area contributed by atoms with E-state index in [4.69, 9.17) is 11.6 Å². The van der Waals surface area contributed by atoms with Gasteiger partial charge in [-0.05, 0) is 19.9 Å². The fraction of sp³-hybridized carbons (Fsp3) is 0.286. The Morgan fingerprint density at radius 2 is 1.91 bits per heavy atom. The second-order valence-corrected chi connectivity index (χ2v) is 8.03. The molecule has 2 aromatic rings. The summed E-state index contributed by atoms with van der Waals surface area (Å²) in [6.07, 6.45) is 4.90. The molecular formula is C21H19ClF2N4O4. The Kier molecular flexibility index (Phi) is 5.41. The fourth-order valence-electron chi connectivity index (χ4n) is 3.71. The molecule has 2 unspecified atom stereocenters. The van der Waals surface area contributed by atoms with Crippen LogP contribution in [-0.4, -0.2) is 45.2 Å². The van der Waals surface area contributed by atoms with Crippen molar-refractivity contribution in [2.75, 3.05) is 11.7 Å². The van der Waals surface area contributed by atoms with Crippen molar-refractivity contribution in [1.82, 2.24) is 14.9 Å². The van der Waals surface area contributed by atoms with E-state index in [1.807, 2.05) is 26.0 Å². The summed E-state index contributed by atoms with van der Waals surface area (Å²) in [6.45, 7) is 3.49. The molecule has 2 N–H and O–H groups in total. The first-order valence-electron chi connectivity index (χ1n) is 9.77. The predicted octanol–water partition coefficient (Wildman–Crippen LogP) is 2.11. The molecular weight excluding hydrogens is 446 g/mol. The number of halogens is 3. The maximum Gasteiger partial charge on any atom is 0.278 e. The van der Waals surface area contributed by atoms with Crippen LogP contribution >= 0.6 is 11.6 Å². The third-order valence-corrected chi connectivity index (χ3v) is 5.98. The number of aromatic hydroxyl groups is 1. The average Bonchev–Trinajstić information content (AvgIpc) is 2.89. The predicted molar refractivity (Wildman–Crippen MR) is 112 cm³/mol. The molecule has 168 valence electrons. The third kappa shape index (κ3) is 3.40. The molecule has 2 aliphatic heterocycles. The van der Waals surface area contributed by atoms with E-state index >= 15 is 0 Å². The highest BCUT2D eigenvalue weighted by atomic mass is 35.5. The summed E-state index contributed by atoms with van der Waals surface area (Å²) in [5.41, 5.74) is -1.79. The maximum atomic E-state index is 14.1. The molecule has 1 aromatic carbocycles. The molecule has 2 bridgehead atoms. The van der Waals surface area contributed by atoms with Gasteiger partial charge in [-0.25, -0.2) is 8.78 Å². The van der Waals surface area contributed by atoms with Gasteiger partial charge >= 0.3 is 0 Å². The van der Waals surface area contributed by atoms with Gasteiger partial charge in [0.15, 0.2) is 11.4 Å². The lowest BCUT2D eigenvalue weighted by molar-refractivity contribution is 0.0652. The van der Waals surface area contributed by atoms with Crippen LogP contribution in [0.2, 0.25) is 5.02 Å². The Morgan fingerprint density at radius 1 is 1.22 bits per heavy atom. The second kappa shape index (κ2) is 7.94. The standard InChI is InChI=1S/C21H19ClF2N4O4/c1-10-3-4-11(2)28-9-26(10)21(32)17-19(30)18(29)13(8-27(17)28)20(31)25-7-12-5-6-14(23)15(22)16(12)24/h3-6,8,10-11,30H,7,9H2,1-2H3,(H,25,31). The topological polar surface area (TPSA) is 94.9 Å². The lowest BCUT2D eigenvalue weighted by Crippen LogP contribution is -2.57. The van der Waals surface area contributed by atoms with Gasteiger partial charge in [0.2, 0.25) is 5.43 Å². The largest absolute Gasteiger partial charge is 0.502 e. The number of benzene rings is 1. The number of hydrogen-bond acceptors (Lipinski definition) is 5. The van der Waals surface area contributed by atoms with E-state index in [0.717, 1.165) is 12.1 Å². The van der Waals surface area contributed by atoms with Gasteiger partial charge in [0.05, 0.1) is 6.04 Å². The SMILES string of the molecule is CC1C=CC(C)N2CN1C(=O)c1c(O)c(=O)c(C(=O)NCc3ccc(F)c(Cl)c3F)cn12. The number of hydrogen-bond donors (Lipinski definition) is 2. The van der Waals surface area contributed by atoms with Gasteiger partial charge < -0.3 is 15.3 Å². The summed E-state index contributed by atoms with van der Waals surface area (Å²) in [5, 5.41) is 13.9. The molecule has 3 heterocycles. The second-order valence-electron chi connectivity index (χ2n) is 7.65. The molecule has 32 heavy (non-hydrogen) atoms. The molecule has 2 atom stereocenters. The van der Waals surface area contributed by atoms with Gasteiger partial charge in [0, 0.05) is 24.3 Å². The zero-order valence-corrected chi connectivity index (χ0v) is 17.9. The number of fused-ring (bicyclic) bond motifs is 4. The molecule has 0 saturated carbocycles. The van der Waals surface area contributed by atoms with Crippen molar-refractivity contribution in [2.24, 2.45) is 0 Å². The van der Waals surface area contributed by atoms with Gasteiger partial charge in [-0.2, -0.15) is 0 Å². The van der Waals surface area contributed by atoms with Crippen LogP contribution in [0.3, 0.4) is 0 Å². The Labute approximate surface area is 186 Å². The summed E-state index contributed by atoms with van der Waals surface area (Å²) < 4.78 is 28.7. The molecule has 1 aromatic heterocycles. The summed E-state index contributed by atoms with van der Waals surface area (Å²) >= 11 is 5.54. The van der Waals surface area contributed by atoms with Crippen LogP contribution in [0.15, 0.2) is 35.3 Å². The highest BCUT2D eigenvalue weighted by Crippen LogP contribution is 2.26. The molecule has 2 aliphatic rings.